The Bertz CT molecular complexity index is 822. The minimum Gasteiger partial charge on any atom is -0.445 e. The fourth-order valence-corrected chi connectivity index (χ4v) is 4.22. The van der Waals surface area contributed by atoms with Crippen LogP contribution >= 0.6 is 0 Å². The molecule has 2 aliphatic heterocycles. The molecule has 2 fully saturated rings. The molecule has 1 amide bonds. The van der Waals surface area contributed by atoms with E-state index < -0.39 is 0 Å². The van der Waals surface area contributed by atoms with E-state index in [1.165, 1.54) is 6.07 Å². The summed E-state index contributed by atoms with van der Waals surface area (Å²) in [5.74, 6) is -0.167. The first-order chi connectivity index (χ1) is 14.2. The van der Waals surface area contributed by atoms with Crippen molar-refractivity contribution in [3.05, 3.63) is 71.5 Å². The molecule has 2 heterocycles. The monoisotopic (exact) mass is 398 g/mol. The molecule has 0 unspecified atom stereocenters. The second-order valence-corrected chi connectivity index (χ2v) is 7.84. The van der Waals surface area contributed by atoms with Gasteiger partial charge < -0.3 is 9.47 Å². The molecule has 2 saturated heterocycles. The summed E-state index contributed by atoms with van der Waals surface area (Å²) >= 11 is 0. The van der Waals surface area contributed by atoms with Crippen molar-refractivity contribution >= 4 is 6.09 Å². The minimum absolute atomic E-state index is 0.167. The lowest BCUT2D eigenvalue weighted by Gasteiger charge is -2.50. The fraction of sp³-hybridized carbons (Fsp3) is 0.435. The van der Waals surface area contributed by atoms with Crippen LogP contribution in [0.4, 0.5) is 9.18 Å². The highest BCUT2D eigenvalue weighted by molar-refractivity contribution is 5.69. The van der Waals surface area contributed by atoms with Crippen LogP contribution in [0.3, 0.4) is 0 Å². The average Bonchev–Trinajstić information content (AvgIpc) is 2.76. The van der Waals surface area contributed by atoms with Gasteiger partial charge in [0.25, 0.3) is 0 Å². The molecule has 154 valence electrons. The largest absolute Gasteiger partial charge is 0.445 e. The summed E-state index contributed by atoms with van der Waals surface area (Å²) in [5.41, 5.74) is 1.35. The van der Waals surface area contributed by atoms with Crippen LogP contribution in [0, 0.1) is 5.82 Å². The molecule has 1 spiro atoms. The van der Waals surface area contributed by atoms with E-state index >= 15 is 0 Å². The Morgan fingerprint density at radius 2 is 1.76 bits per heavy atom. The van der Waals surface area contributed by atoms with Crippen molar-refractivity contribution in [2.24, 2.45) is 0 Å². The number of piperidine rings is 1. The first-order valence-electron chi connectivity index (χ1n) is 10.2. The molecule has 4 rings (SSSR count). The van der Waals surface area contributed by atoms with Gasteiger partial charge in [0.15, 0.2) is 0 Å². The molecule has 0 atom stereocenters. The maximum atomic E-state index is 14.0. The Morgan fingerprint density at radius 3 is 2.52 bits per heavy atom. The fourth-order valence-electron chi connectivity index (χ4n) is 4.22. The van der Waals surface area contributed by atoms with Gasteiger partial charge in [0.2, 0.25) is 0 Å². The summed E-state index contributed by atoms with van der Waals surface area (Å²) in [5, 5.41) is 0. The molecule has 0 saturated carbocycles. The number of hydrogen-bond donors (Lipinski definition) is 0. The van der Waals surface area contributed by atoms with Crippen molar-refractivity contribution in [2.45, 2.75) is 31.5 Å². The third kappa shape index (κ3) is 4.60. The van der Waals surface area contributed by atoms with Gasteiger partial charge in [-0.3, -0.25) is 9.80 Å². The van der Waals surface area contributed by atoms with E-state index in [9.17, 15) is 9.18 Å². The van der Waals surface area contributed by atoms with Gasteiger partial charge in [-0.05, 0) is 24.5 Å². The maximum Gasteiger partial charge on any atom is 0.410 e. The lowest BCUT2D eigenvalue weighted by molar-refractivity contribution is -0.0872. The van der Waals surface area contributed by atoms with Crippen LogP contribution in [0.5, 0.6) is 0 Å². The van der Waals surface area contributed by atoms with E-state index in [1.807, 2.05) is 47.4 Å². The van der Waals surface area contributed by atoms with Gasteiger partial charge in [-0.15, -0.1) is 0 Å². The van der Waals surface area contributed by atoms with Gasteiger partial charge in [0.1, 0.15) is 12.4 Å². The molecule has 0 aliphatic carbocycles. The van der Waals surface area contributed by atoms with Crippen molar-refractivity contribution in [1.29, 1.82) is 0 Å². The van der Waals surface area contributed by atoms with Crippen LogP contribution in [0.25, 0.3) is 0 Å². The molecule has 0 radical (unpaired) electrons. The van der Waals surface area contributed by atoms with Crippen LogP contribution in [0.15, 0.2) is 54.6 Å². The van der Waals surface area contributed by atoms with E-state index in [1.54, 1.807) is 6.07 Å². The number of halogens is 1. The predicted molar refractivity (Wildman–Crippen MR) is 108 cm³/mol. The SMILES string of the molecule is O=C(OCc1ccccc1)N1CCOCC12CCN(Cc1ccccc1F)CC2. The lowest BCUT2D eigenvalue weighted by atomic mass is 9.85. The molecule has 2 aromatic rings. The van der Waals surface area contributed by atoms with Crippen molar-refractivity contribution in [1.82, 2.24) is 9.80 Å². The lowest BCUT2D eigenvalue weighted by Crippen LogP contribution is -2.63. The first kappa shape index (κ1) is 19.9. The summed E-state index contributed by atoms with van der Waals surface area (Å²) < 4.78 is 25.3. The van der Waals surface area contributed by atoms with Crippen LogP contribution in [-0.2, 0) is 22.6 Å². The smallest absolute Gasteiger partial charge is 0.410 e. The van der Waals surface area contributed by atoms with Crippen LogP contribution in [0.2, 0.25) is 0 Å². The van der Waals surface area contributed by atoms with Crippen LogP contribution < -0.4 is 0 Å². The molecule has 0 aromatic heterocycles. The average molecular weight is 398 g/mol. The number of amides is 1. The number of nitrogens with zero attached hydrogens (tertiary/aromatic N) is 2. The second kappa shape index (κ2) is 8.93. The van der Waals surface area contributed by atoms with E-state index in [0.717, 1.165) is 31.5 Å². The molecule has 2 aromatic carbocycles. The van der Waals surface area contributed by atoms with Crippen molar-refractivity contribution in [2.75, 3.05) is 32.8 Å². The summed E-state index contributed by atoms with van der Waals surface area (Å²) in [6.07, 6.45) is 1.31. The third-order valence-corrected chi connectivity index (χ3v) is 5.97. The number of likely N-dealkylation sites (tertiary alicyclic amines) is 1. The molecular weight excluding hydrogens is 371 g/mol. The van der Waals surface area contributed by atoms with Gasteiger partial charge in [0.05, 0.1) is 18.8 Å². The Morgan fingerprint density at radius 1 is 1.03 bits per heavy atom. The van der Waals surface area contributed by atoms with Crippen molar-refractivity contribution in [3.8, 4) is 0 Å². The van der Waals surface area contributed by atoms with E-state index in [0.29, 0.717) is 31.9 Å². The van der Waals surface area contributed by atoms with Gasteiger partial charge >= 0.3 is 6.09 Å². The normalized spacial score (nSPS) is 19.3. The topological polar surface area (TPSA) is 42.0 Å². The second-order valence-electron chi connectivity index (χ2n) is 7.84. The van der Waals surface area contributed by atoms with Gasteiger partial charge in [-0.1, -0.05) is 48.5 Å². The Balaban J connectivity index is 1.37. The Hall–Kier alpha value is -2.44. The summed E-state index contributed by atoms with van der Waals surface area (Å²) in [6, 6.07) is 16.6. The van der Waals surface area contributed by atoms with Gasteiger partial charge in [-0.25, -0.2) is 9.18 Å². The number of hydrogen-bond acceptors (Lipinski definition) is 4. The zero-order valence-electron chi connectivity index (χ0n) is 16.6. The molecule has 5 nitrogen and oxygen atoms in total. The molecule has 6 heteroatoms. The van der Waals surface area contributed by atoms with Gasteiger partial charge in [-0.2, -0.15) is 0 Å². The van der Waals surface area contributed by atoms with Crippen molar-refractivity contribution in [3.63, 3.8) is 0 Å². The van der Waals surface area contributed by atoms with Crippen LogP contribution in [0.1, 0.15) is 24.0 Å². The van der Waals surface area contributed by atoms with E-state index in [2.05, 4.69) is 4.90 Å². The number of benzene rings is 2. The van der Waals surface area contributed by atoms with Crippen molar-refractivity contribution < 1.29 is 18.7 Å². The number of carbonyl (C=O) groups excluding carboxylic acids is 1. The number of carbonyl (C=O) groups is 1. The molecule has 29 heavy (non-hydrogen) atoms. The standard InChI is InChI=1S/C23H27FN2O3/c24-21-9-5-4-8-20(21)16-25-12-10-23(11-13-25)18-28-15-14-26(23)22(27)29-17-19-6-2-1-3-7-19/h1-9H,10-18H2. The number of morpholine rings is 1. The predicted octanol–water partition coefficient (Wildman–Crippen LogP) is 3.83. The number of ether oxygens (including phenoxy) is 2. The third-order valence-electron chi connectivity index (χ3n) is 5.97. The number of rotatable bonds is 4. The van der Waals surface area contributed by atoms with Crippen LogP contribution in [-0.4, -0.2) is 54.3 Å². The molecular formula is C23H27FN2O3. The highest BCUT2D eigenvalue weighted by Gasteiger charge is 2.45. The highest BCUT2D eigenvalue weighted by atomic mass is 19.1. The highest BCUT2D eigenvalue weighted by Crippen LogP contribution is 2.33. The maximum absolute atomic E-state index is 14.0. The minimum atomic E-state index is -0.336. The molecule has 2 aliphatic rings. The summed E-state index contributed by atoms with van der Waals surface area (Å²) in [6.45, 7) is 4.04. The molecule has 0 bridgehead atoms. The molecule has 0 N–H and O–H groups in total. The quantitative estimate of drug-likeness (QED) is 0.785. The summed E-state index contributed by atoms with van der Waals surface area (Å²) in [7, 11) is 0. The van der Waals surface area contributed by atoms with E-state index in [4.69, 9.17) is 9.47 Å². The zero-order chi connectivity index (χ0) is 20.1. The van der Waals surface area contributed by atoms with Gasteiger partial charge in [0, 0.05) is 31.7 Å². The van der Waals surface area contributed by atoms with E-state index in [-0.39, 0.29) is 24.1 Å². The Labute approximate surface area is 171 Å². The Kier molecular flexibility index (Phi) is 6.11. The first-order valence-corrected chi connectivity index (χ1v) is 10.2. The zero-order valence-corrected chi connectivity index (χ0v) is 16.6. The summed E-state index contributed by atoms with van der Waals surface area (Å²) in [4.78, 5) is 16.9.